The lowest BCUT2D eigenvalue weighted by molar-refractivity contribution is -0.133. The summed E-state index contributed by atoms with van der Waals surface area (Å²) in [6.45, 7) is 9.14. The Bertz CT molecular complexity index is 355. The molecule has 0 bridgehead atoms. The van der Waals surface area contributed by atoms with Gasteiger partial charge in [-0.2, -0.15) is 0 Å². The second kappa shape index (κ2) is 6.00. The molecule has 1 amide bonds. The molecule has 3 aliphatic heterocycles. The van der Waals surface area contributed by atoms with Crippen LogP contribution < -0.4 is 0 Å². The SMILES string of the molecule is CC(C)C(=O)N1C[C@@H]2OCCN(C[C@@H]3CCCO3)[C@@H]2C1. The Kier molecular flexibility index (Phi) is 4.29. The first-order valence-corrected chi connectivity index (χ1v) is 7.91. The minimum atomic E-state index is 0.0711. The molecule has 0 spiro atoms. The van der Waals surface area contributed by atoms with Crippen molar-refractivity contribution in [2.75, 3.05) is 39.4 Å². The smallest absolute Gasteiger partial charge is 0.225 e. The van der Waals surface area contributed by atoms with E-state index in [1.165, 1.54) is 12.8 Å². The van der Waals surface area contributed by atoms with Crippen molar-refractivity contribution < 1.29 is 14.3 Å². The highest BCUT2D eigenvalue weighted by atomic mass is 16.5. The number of hydrogen-bond acceptors (Lipinski definition) is 4. The van der Waals surface area contributed by atoms with Gasteiger partial charge in [0, 0.05) is 38.7 Å². The van der Waals surface area contributed by atoms with Gasteiger partial charge in [0.05, 0.1) is 24.9 Å². The van der Waals surface area contributed by atoms with Crippen LogP contribution in [0.25, 0.3) is 0 Å². The first-order valence-electron chi connectivity index (χ1n) is 7.91. The maximum Gasteiger partial charge on any atom is 0.225 e. The summed E-state index contributed by atoms with van der Waals surface area (Å²) in [6.07, 6.45) is 2.92. The van der Waals surface area contributed by atoms with Crippen LogP contribution in [0.3, 0.4) is 0 Å². The van der Waals surface area contributed by atoms with Crippen molar-refractivity contribution in [2.45, 2.75) is 44.9 Å². The van der Waals surface area contributed by atoms with E-state index >= 15 is 0 Å². The molecule has 0 aromatic heterocycles. The molecule has 5 nitrogen and oxygen atoms in total. The molecule has 0 N–H and O–H groups in total. The van der Waals surface area contributed by atoms with Crippen molar-refractivity contribution in [3.8, 4) is 0 Å². The van der Waals surface area contributed by atoms with Crippen LogP contribution in [0.4, 0.5) is 0 Å². The molecule has 114 valence electrons. The van der Waals surface area contributed by atoms with Gasteiger partial charge in [0.1, 0.15) is 0 Å². The van der Waals surface area contributed by atoms with Crippen molar-refractivity contribution in [3.05, 3.63) is 0 Å². The molecule has 3 atom stereocenters. The molecule has 20 heavy (non-hydrogen) atoms. The van der Waals surface area contributed by atoms with E-state index in [0.29, 0.717) is 12.1 Å². The standard InChI is InChI=1S/C15H26N2O3/c1-11(2)15(18)17-9-13-14(10-17)20-7-5-16(13)8-12-4-3-6-19-12/h11-14H,3-10H2,1-2H3/t12-,13+,14-/m0/s1. The van der Waals surface area contributed by atoms with E-state index in [1.54, 1.807) is 0 Å². The highest BCUT2D eigenvalue weighted by Crippen LogP contribution is 2.25. The van der Waals surface area contributed by atoms with Crippen LogP contribution in [0.5, 0.6) is 0 Å². The van der Waals surface area contributed by atoms with Gasteiger partial charge in [-0.3, -0.25) is 9.69 Å². The van der Waals surface area contributed by atoms with E-state index in [9.17, 15) is 4.79 Å². The van der Waals surface area contributed by atoms with Crippen LogP contribution in [-0.2, 0) is 14.3 Å². The summed E-state index contributed by atoms with van der Waals surface area (Å²) in [6, 6.07) is 0.357. The van der Waals surface area contributed by atoms with Gasteiger partial charge in [-0.1, -0.05) is 13.8 Å². The number of ether oxygens (including phenoxy) is 2. The average Bonchev–Trinajstić information content (AvgIpc) is 3.06. The third-order valence-corrected chi connectivity index (χ3v) is 4.68. The Morgan fingerprint density at radius 3 is 2.80 bits per heavy atom. The highest BCUT2D eigenvalue weighted by Gasteiger charge is 2.42. The van der Waals surface area contributed by atoms with Crippen LogP contribution in [0, 0.1) is 5.92 Å². The summed E-state index contributed by atoms with van der Waals surface area (Å²) >= 11 is 0. The number of amides is 1. The largest absolute Gasteiger partial charge is 0.377 e. The first-order chi connectivity index (χ1) is 9.65. The zero-order valence-electron chi connectivity index (χ0n) is 12.6. The second-order valence-corrected chi connectivity index (χ2v) is 6.50. The molecule has 3 aliphatic rings. The molecule has 3 rings (SSSR count). The Hall–Kier alpha value is -0.650. The maximum atomic E-state index is 12.2. The highest BCUT2D eigenvalue weighted by molar-refractivity contribution is 5.78. The van der Waals surface area contributed by atoms with E-state index in [2.05, 4.69) is 4.90 Å². The molecular weight excluding hydrogens is 256 g/mol. The van der Waals surface area contributed by atoms with Gasteiger partial charge in [0.15, 0.2) is 0 Å². The summed E-state index contributed by atoms with van der Waals surface area (Å²) in [5.74, 6) is 0.321. The zero-order valence-corrected chi connectivity index (χ0v) is 12.6. The predicted octanol–water partition coefficient (Wildman–Crippen LogP) is 0.733. The summed E-state index contributed by atoms with van der Waals surface area (Å²) in [5.41, 5.74) is 0. The lowest BCUT2D eigenvalue weighted by Gasteiger charge is -2.37. The van der Waals surface area contributed by atoms with Crippen molar-refractivity contribution in [1.82, 2.24) is 9.80 Å². The number of carbonyl (C=O) groups excluding carboxylic acids is 1. The normalized spacial score (nSPS) is 34.8. The van der Waals surface area contributed by atoms with Gasteiger partial charge in [-0.25, -0.2) is 0 Å². The number of hydrogen-bond donors (Lipinski definition) is 0. The van der Waals surface area contributed by atoms with E-state index in [-0.39, 0.29) is 17.9 Å². The Balaban J connectivity index is 1.61. The van der Waals surface area contributed by atoms with Gasteiger partial charge in [0.25, 0.3) is 0 Å². The van der Waals surface area contributed by atoms with Crippen LogP contribution >= 0.6 is 0 Å². The number of fused-ring (bicyclic) bond motifs is 1. The van der Waals surface area contributed by atoms with Gasteiger partial charge in [-0.15, -0.1) is 0 Å². The van der Waals surface area contributed by atoms with Crippen LogP contribution in [0.15, 0.2) is 0 Å². The molecule has 3 fully saturated rings. The molecule has 0 aliphatic carbocycles. The molecule has 3 saturated heterocycles. The minimum Gasteiger partial charge on any atom is -0.377 e. The van der Waals surface area contributed by atoms with Crippen molar-refractivity contribution in [3.63, 3.8) is 0 Å². The molecule has 5 heteroatoms. The molecular formula is C15H26N2O3. The fourth-order valence-electron chi connectivity index (χ4n) is 3.58. The quantitative estimate of drug-likeness (QED) is 0.765. The van der Waals surface area contributed by atoms with Gasteiger partial charge < -0.3 is 14.4 Å². The monoisotopic (exact) mass is 282 g/mol. The zero-order chi connectivity index (χ0) is 14.1. The van der Waals surface area contributed by atoms with Crippen molar-refractivity contribution in [2.24, 2.45) is 5.92 Å². The summed E-state index contributed by atoms with van der Waals surface area (Å²) in [7, 11) is 0. The molecule has 0 radical (unpaired) electrons. The van der Waals surface area contributed by atoms with E-state index < -0.39 is 0 Å². The topological polar surface area (TPSA) is 42.0 Å². The van der Waals surface area contributed by atoms with Crippen molar-refractivity contribution in [1.29, 1.82) is 0 Å². The van der Waals surface area contributed by atoms with E-state index in [0.717, 1.165) is 39.4 Å². The van der Waals surface area contributed by atoms with Crippen LogP contribution in [0.2, 0.25) is 0 Å². The lowest BCUT2D eigenvalue weighted by atomic mass is 10.1. The number of rotatable bonds is 3. The third-order valence-electron chi connectivity index (χ3n) is 4.68. The second-order valence-electron chi connectivity index (χ2n) is 6.50. The Labute approximate surface area is 121 Å². The molecule has 0 aromatic rings. The van der Waals surface area contributed by atoms with Crippen LogP contribution in [0.1, 0.15) is 26.7 Å². The number of morpholine rings is 1. The Morgan fingerprint density at radius 1 is 1.25 bits per heavy atom. The third kappa shape index (κ3) is 2.85. The summed E-state index contributed by atoms with van der Waals surface area (Å²) in [5, 5.41) is 0. The fraction of sp³-hybridized carbons (Fsp3) is 0.933. The molecule has 0 unspecified atom stereocenters. The average molecular weight is 282 g/mol. The fourth-order valence-corrected chi connectivity index (χ4v) is 3.58. The van der Waals surface area contributed by atoms with Crippen molar-refractivity contribution >= 4 is 5.91 Å². The summed E-state index contributed by atoms with van der Waals surface area (Å²) in [4.78, 5) is 16.6. The first kappa shape index (κ1) is 14.3. The summed E-state index contributed by atoms with van der Waals surface area (Å²) < 4.78 is 11.6. The van der Waals surface area contributed by atoms with E-state index in [1.807, 2.05) is 18.7 Å². The van der Waals surface area contributed by atoms with E-state index in [4.69, 9.17) is 9.47 Å². The number of likely N-dealkylation sites (tertiary alicyclic amines) is 1. The maximum absolute atomic E-state index is 12.2. The van der Waals surface area contributed by atoms with Gasteiger partial charge in [0.2, 0.25) is 5.91 Å². The molecule has 0 aromatic carbocycles. The van der Waals surface area contributed by atoms with Gasteiger partial charge in [-0.05, 0) is 12.8 Å². The lowest BCUT2D eigenvalue weighted by Crippen LogP contribution is -2.52. The predicted molar refractivity (Wildman–Crippen MR) is 75.5 cm³/mol. The number of carbonyl (C=O) groups is 1. The molecule has 3 heterocycles. The Morgan fingerprint density at radius 2 is 2.10 bits per heavy atom. The minimum absolute atomic E-state index is 0.0711. The van der Waals surface area contributed by atoms with Crippen LogP contribution in [-0.4, -0.2) is 73.3 Å². The number of nitrogens with zero attached hydrogens (tertiary/aromatic N) is 2. The van der Waals surface area contributed by atoms with Gasteiger partial charge >= 0.3 is 0 Å². The molecule has 0 saturated carbocycles.